The molecule has 0 radical (unpaired) electrons. The summed E-state index contributed by atoms with van der Waals surface area (Å²) in [5.74, 6) is -0.536. The van der Waals surface area contributed by atoms with Gasteiger partial charge in [-0.05, 0) is 26.0 Å². The minimum atomic E-state index is -0.465. The molecule has 0 bridgehead atoms. The first-order chi connectivity index (χ1) is 14.5. The standard InChI is InChI=1S/C20H20N4O5S/c1-3-28-19(27)17-12(2)23-20(30-17)24-16(25)7-8-22-18(26)14-6-4-5-13(9-14)15-10-21-11-29-15/h4-6,9-11H,3,7-8H2,1-2H3,(H,22,26)(H,23,24,25). The van der Waals surface area contributed by atoms with Crippen LogP contribution in [0.4, 0.5) is 5.13 Å². The molecule has 0 aliphatic heterocycles. The highest BCUT2D eigenvalue weighted by Crippen LogP contribution is 2.23. The highest BCUT2D eigenvalue weighted by atomic mass is 32.1. The van der Waals surface area contributed by atoms with Crippen molar-refractivity contribution in [2.45, 2.75) is 20.3 Å². The van der Waals surface area contributed by atoms with Crippen LogP contribution in [0.3, 0.4) is 0 Å². The van der Waals surface area contributed by atoms with Crippen molar-refractivity contribution < 1.29 is 23.5 Å². The Morgan fingerprint density at radius 3 is 2.83 bits per heavy atom. The van der Waals surface area contributed by atoms with Crippen molar-refractivity contribution in [1.29, 1.82) is 0 Å². The van der Waals surface area contributed by atoms with Crippen LogP contribution in [-0.2, 0) is 9.53 Å². The van der Waals surface area contributed by atoms with Gasteiger partial charge in [-0.3, -0.25) is 9.59 Å². The van der Waals surface area contributed by atoms with E-state index in [1.165, 1.54) is 6.39 Å². The van der Waals surface area contributed by atoms with Crippen LogP contribution in [-0.4, -0.2) is 40.9 Å². The number of nitrogens with one attached hydrogen (secondary N) is 2. The fraction of sp³-hybridized carbons (Fsp3) is 0.250. The van der Waals surface area contributed by atoms with Gasteiger partial charge in [0.05, 0.1) is 18.5 Å². The molecular formula is C20H20N4O5S. The third-order valence-electron chi connectivity index (χ3n) is 3.98. The van der Waals surface area contributed by atoms with Crippen LogP contribution >= 0.6 is 11.3 Å². The fourth-order valence-electron chi connectivity index (χ4n) is 2.58. The molecule has 0 aliphatic carbocycles. The average Bonchev–Trinajstić information content (AvgIpc) is 3.38. The zero-order valence-corrected chi connectivity index (χ0v) is 17.2. The SMILES string of the molecule is CCOC(=O)c1sc(NC(=O)CCNC(=O)c2cccc(-c3cnco3)c2)nc1C. The number of aromatic nitrogens is 2. The number of esters is 1. The molecule has 0 atom stereocenters. The Kier molecular flexibility index (Phi) is 6.91. The molecule has 156 valence electrons. The van der Waals surface area contributed by atoms with Gasteiger partial charge in [0.1, 0.15) is 4.88 Å². The van der Waals surface area contributed by atoms with E-state index in [1.54, 1.807) is 38.2 Å². The monoisotopic (exact) mass is 428 g/mol. The van der Waals surface area contributed by atoms with Gasteiger partial charge in [0.2, 0.25) is 5.91 Å². The minimum absolute atomic E-state index is 0.0565. The molecule has 2 aromatic heterocycles. The van der Waals surface area contributed by atoms with Crippen molar-refractivity contribution in [1.82, 2.24) is 15.3 Å². The number of rotatable bonds is 8. The second kappa shape index (κ2) is 9.79. The number of oxazole rings is 1. The van der Waals surface area contributed by atoms with Crippen LogP contribution in [0.25, 0.3) is 11.3 Å². The number of benzene rings is 1. The van der Waals surface area contributed by atoms with Crippen molar-refractivity contribution >= 4 is 34.3 Å². The third kappa shape index (κ3) is 5.29. The fourth-order valence-corrected chi connectivity index (χ4v) is 3.46. The zero-order chi connectivity index (χ0) is 21.5. The molecule has 30 heavy (non-hydrogen) atoms. The molecule has 9 nitrogen and oxygen atoms in total. The van der Waals surface area contributed by atoms with E-state index in [0.29, 0.717) is 27.0 Å². The predicted molar refractivity (Wildman–Crippen MR) is 110 cm³/mol. The lowest BCUT2D eigenvalue weighted by atomic mass is 10.1. The first-order valence-electron chi connectivity index (χ1n) is 9.19. The van der Waals surface area contributed by atoms with Gasteiger partial charge in [-0.25, -0.2) is 14.8 Å². The summed E-state index contributed by atoms with van der Waals surface area (Å²) in [4.78, 5) is 44.7. The number of hydrogen-bond donors (Lipinski definition) is 2. The van der Waals surface area contributed by atoms with E-state index in [-0.39, 0.29) is 31.4 Å². The summed E-state index contributed by atoms with van der Waals surface area (Å²) in [6, 6.07) is 6.91. The first kappa shape index (κ1) is 21.2. The highest BCUT2D eigenvalue weighted by molar-refractivity contribution is 7.17. The summed E-state index contributed by atoms with van der Waals surface area (Å²) >= 11 is 1.05. The Morgan fingerprint density at radius 1 is 1.27 bits per heavy atom. The smallest absolute Gasteiger partial charge is 0.350 e. The van der Waals surface area contributed by atoms with Crippen molar-refractivity contribution in [2.24, 2.45) is 0 Å². The largest absolute Gasteiger partial charge is 0.462 e. The number of anilines is 1. The average molecular weight is 428 g/mol. The summed E-state index contributed by atoms with van der Waals surface area (Å²) < 4.78 is 10.2. The number of aryl methyl sites for hydroxylation is 1. The summed E-state index contributed by atoms with van der Waals surface area (Å²) in [7, 11) is 0. The molecule has 2 amide bonds. The first-order valence-corrected chi connectivity index (χ1v) is 10.0. The van der Waals surface area contributed by atoms with E-state index in [9.17, 15) is 14.4 Å². The molecule has 0 fully saturated rings. The van der Waals surface area contributed by atoms with Gasteiger partial charge in [0.15, 0.2) is 17.3 Å². The van der Waals surface area contributed by atoms with E-state index in [2.05, 4.69) is 20.6 Å². The van der Waals surface area contributed by atoms with Crippen LogP contribution in [0.5, 0.6) is 0 Å². The molecular weight excluding hydrogens is 408 g/mol. The highest BCUT2D eigenvalue weighted by Gasteiger charge is 2.17. The van der Waals surface area contributed by atoms with Gasteiger partial charge in [0.25, 0.3) is 5.91 Å². The Morgan fingerprint density at radius 2 is 2.10 bits per heavy atom. The number of ether oxygens (including phenoxy) is 1. The summed E-state index contributed by atoms with van der Waals surface area (Å²) in [5.41, 5.74) is 1.67. The van der Waals surface area contributed by atoms with Crippen LogP contribution in [0.2, 0.25) is 0 Å². The second-order valence-corrected chi connectivity index (χ2v) is 7.15. The Balaban J connectivity index is 1.50. The normalized spacial score (nSPS) is 10.5. The van der Waals surface area contributed by atoms with Crippen LogP contribution < -0.4 is 10.6 Å². The van der Waals surface area contributed by atoms with Gasteiger partial charge in [-0.15, -0.1) is 0 Å². The van der Waals surface area contributed by atoms with E-state index in [4.69, 9.17) is 9.15 Å². The molecule has 0 spiro atoms. The molecule has 0 saturated carbocycles. The van der Waals surface area contributed by atoms with Crippen molar-refractivity contribution in [3.8, 4) is 11.3 Å². The Hall–Kier alpha value is -3.53. The lowest BCUT2D eigenvalue weighted by Crippen LogP contribution is -2.27. The summed E-state index contributed by atoms with van der Waals surface area (Å²) in [6.45, 7) is 3.80. The van der Waals surface area contributed by atoms with Gasteiger partial charge >= 0.3 is 5.97 Å². The number of carbonyl (C=O) groups is 3. The van der Waals surface area contributed by atoms with Crippen LogP contribution in [0, 0.1) is 6.92 Å². The molecule has 2 N–H and O–H groups in total. The maximum atomic E-state index is 12.3. The quantitative estimate of drug-likeness (QED) is 0.529. The molecule has 10 heteroatoms. The van der Waals surface area contributed by atoms with Gasteiger partial charge in [-0.2, -0.15) is 0 Å². The lowest BCUT2D eigenvalue weighted by molar-refractivity contribution is -0.116. The van der Waals surface area contributed by atoms with Crippen molar-refractivity contribution in [3.05, 3.63) is 53.0 Å². The molecule has 3 aromatic rings. The second-order valence-electron chi connectivity index (χ2n) is 6.15. The molecule has 1 aromatic carbocycles. The number of carbonyl (C=O) groups excluding carboxylic acids is 3. The Labute approximate surface area is 176 Å². The summed E-state index contributed by atoms with van der Waals surface area (Å²) in [5, 5.41) is 5.65. The molecule has 3 rings (SSSR count). The maximum Gasteiger partial charge on any atom is 0.350 e. The van der Waals surface area contributed by atoms with E-state index in [1.807, 2.05) is 6.07 Å². The van der Waals surface area contributed by atoms with E-state index < -0.39 is 5.97 Å². The van der Waals surface area contributed by atoms with Gasteiger partial charge in [-0.1, -0.05) is 23.5 Å². The van der Waals surface area contributed by atoms with Crippen LogP contribution in [0.15, 0.2) is 41.3 Å². The lowest BCUT2D eigenvalue weighted by Gasteiger charge is -2.06. The van der Waals surface area contributed by atoms with Crippen molar-refractivity contribution in [2.75, 3.05) is 18.5 Å². The molecule has 0 saturated heterocycles. The van der Waals surface area contributed by atoms with Crippen molar-refractivity contribution in [3.63, 3.8) is 0 Å². The summed E-state index contributed by atoms with van der Waals surface area (Å²) in [6.07, 6.45) is 2.94. The molecule has 0 unspecified atom stereocenters. The Bertz CT molecular complexity index is 1050. The topological polar surface area (TPSA) is 123 Å². The molecule has 2 heterocycles. The predicted octanol–water partition coefficient (Wildman–Crippen LogP) is 3.04. The number of nitrogens with zero attached hydrogens (tertiary/aromatic N) is 2. The molecule has 0 aliphatic rings. The number of thiazole rings is 1. The van der Waals surface area contributed by atoms with Gasteiger partial charge in [0, 0.05) is 24.1 Å². The van der Waals surface area contributed by atoms with E-state index >= 15 is 0 Å². The maximum absolute atomic E-state index is 12.3. The van der Waals surface area contributed by atoms with Crippen LogP contribution in [0.1, 0.15) is 39.1 Å². The zero-order valence-electron chi connectivity index (χ0n) is 16.4. The van der Waals surface area contributed by atoms with Gasteiger partial charge < -0.3 is 19.8 Å². The third-order valence-corrected chi connectivity index (χ3v) is 5.04. The number of hydrogen-bond acceptors (Lipinski definition) is 8. The minimum Gasteiger partial charge on any atom is -0.462 e. The number of amides is 2. The van der Waals surface area contributed by atoms with E-state index in [0.717, 1.165) is 16.9 Å².